The summed E-state index contributed by atoms with van der Waals surface area (Å²) in [6.45, 7) is 6.52. The molecule has 0 aliphatic heterocycles. The zero-order chi connectivity index (χ0) is 26.8. The van der Waals surface area contributed by atoms with Crippen LogP contribution in [0.4, 0.5) is 5.00 Å². The molecule has 5 rings (SSSR count). The number of carbonyl (C=O) groups excluding carboxylic acids is 2. The van der Waals surface area contributed by atoms with Crippen LogP contribution in [0, 0.1) is 12.8 Å². The number of nitrogens with one attached hydrogen (secondary N) is 1. The molecule has 0 bridgehead atoms. The number of carbonyl (C=O) groups is 2. The Kier molecular flexibility index (Phi) is 7.96. The minimum absolute atomic E-state index is 0.0416. The van der Waals surface area contributed by atoms with E-state index in [9.17, 15) is 14.4 Å². The van der Waals surface area contributed by atoms with Crippen LogP contribution in [0.25, 0.3) is 10.2 Å². The van der Waals surface area contributed by atoms with E-state index in [4.69, 9.17) is 9.72 Å². The summed E-state index contributed by atoms with van der Waals surface area (Å²) >= 11 is 4.14. The van der Waals surface area contributed by atoms with Crippen molar-refractivity contribution in [2.75, 3.05) is 17.7 Å². The van der Waals surface area contributed by atoms with Gasteiger partial charge in [0.2, 0.25) is 5.91 Å². The van der Waals surface area contributed by atoms with Crippen molar-refractivity contribution in [1.82, 2.24) is 14.5 Å². The molecule has 1 aliphatic carbocycles. The van der Waals surface area contributed by atoms with Crippen molar-refractivity contribution in [2.45, 2.75) is 51.7 Å². The molecule has 1 aliphatic rings. The molecule has 0 radical (unpaired) electrons. The highest BCUT2D eigenvalue weighted by molar-refractivity contribution is 7.99. The zero-order valence-corrected chi connectivity index (χ0v) is 23.9. The van der Waals surface area contributed by atoms with Crippen LogP contribution in [0.2, 0.25) is 0 Å². The Bertz CT molecular complexity index is 1560. The predicted molar refractivity (Wildman–Crippen MR) is 153 cm³/mol. The molecule has 0 aromatic carbocycles. The van der Waals surface area contributed by atoms with Crippen molar-refractivity contribution in [3.05, 3.63) is 67.4 Å². The van der Waals surface area contributed by atoms with Gasteiger partial charge in [-0.1, -0.05) is 18.7 Å². The monoisotopic (exact) mass is 568 g/mol. The van der Waals surface area contributed by atoms with Crippen LogP contribution in [-0.4, -0.2) is 38.8 Å². The van der Waals surface area contributed by atoms with Gasteiger partial charge in [-0.05, 0) is 68.4 Å². The minimum atomic E-state index is -0.395. The topological polar surface area (TPSA) is 103 Å². The van der Waals surface area contributed by atoms with E-state index in [1.54, 1.807) is 23.9 Å². The maximum Gasteiger partial charge on any atom is 0.341 e. The van der Waals surface area contributed by atoms with Crippen molar-refractivity contribution < 1.29 is 14.3 Å². The van der Waals surface area contributed by atoms with E-state index in [1.807, 2.05) is 25.1 Å². The van der Waals surface area contributed by atoms with Gasteiger partial charge in [-0.3, -0.25) is 19.1 Å². The van der Waals surface area contributed by atoms with Gasteiger partial charge in [0.1, 0.15) is 9.83 Å². The second-order valence-electron chi connectivity index (χ2n) is 9.33. The molecular weight excluding hydrogens is 541 g/mol. The number of amides is 1. The number of esters is 1. The Balaban J connectivity index is 1.40. The highest BCUT2D eigenvalue weighted by Gasteiger charge is 2.29. The molecule has 0 saturated carbocycles. The number of ether oxygens (including phenoxy) is 1. The van der Waals surface area contributed by atoms with E-state index in [2.05, 4.69) is 17.2 Å². The first-order chi connectivity index (χ1) is 18.3. The summed E-state index contributed by atoms with van der Waals surface area (Å²) in [5, 5.41) is 4.55. The molecule has 198 valence electrons. The summed E-state index contributed by atoms with van der Waals surface area (Å²) < 4.78 is 6.93. The molecule has 38 heavy (non-hydrogen) atoms. The van der Waals surface area contributed by atoms with Crippen LogP contribution >= 0.6 is 34.4 Å². The van der Waals surface area contributed by atoms with E-state index in [0.29, 0.717) is 38.4 Å². The van der Waals surface area contributed by atoms with Crippen LogP contribution in [0.15, 0.2) is 40.5 Å². The Hall–Kier alpha value is -3.02. The van der Waals surface area contributed by atoms with Crippen LogP contribution in [0.5, 0.6) is 0 Å². The summed E-state index contributed by atoms with van der Waals surface area (Å²) in [6, 6.07) is 5.57. The van der Waals surface area contributed by atoms with Crippen molar-refractivity contribution in [1.29, 1.82) is 0 Å². The third kappa shape index (κ3) is 5.55. The SMILES string of the molecule is CCOC(=O)c1c(NC(=O)CSc2nc3sc(C)cc3c(=O)n2Cc2ccncc2)sc2c1CCC(C)C2. The lowest BCUT2D eigenvalue weighted by molar-refractivity contribution is -0.113. The van der Waals surface area contributed by atoms with Crippen molar-refractivity contribution >= 4 is 61.5 Å². The van der Waals surface area contributed by atoms with Gasteiger partial charge < -0.3 is 10.1 Å². The molecule has 0 saturated heterocycles. The Morgan fingerprint density at radius 1 is 1.26 bits per heavy atom. The molecule has 0 fully saturated rings. The molecule has 1 atom stereocenters. The fourth-order valence-corrected chi connectivity index (χ4v) is 7.72. The zero-order valence-electron chi connectivity index (χ0n) is 21.4. The third-order valence-corrected chi connectivity index (χ3v) is 9.50. The number of aryl methyl sites for hydroxylation is 1. The van der Waals surface area contributed by atoms with Crippen LogP contribution in [-0.2, 0) is 28.9 Å². The lowest BCUT2D eigenvalue weighted by Crippen LogP contribution is -2.24. The van der Waals surface area contributed by atoms with Gasteiger partial charge in [-0.15, -0.1) is 22.7 Å². The predicted octanol–water partition coefficient (Wildman–Crippen LogP) is 5.30. The third-order valence-electron chi connectivity index (χ3n) is 6.41. The molecule has 4 aromatic rings. The van der Waals surface area contributed by atoms with E-state index in [0.717, 1.165) is 40.1 Å². The van der Waals surface area contributed by atoms with Gasteiger partial charge in [-0.25, -0.2) is 9.78 Å². The average Bonchev–Trinajstić information content (AvgIpc) is 3.44. The summed E-state index contributed by atoms with van der Waals surface area (Å²) in [4.78, 5) is 50.9. The Labute approximate surface area is 232 Å². The van der Waals surface area contributed by atoms with Gasteiger partial charge in [0, 0.05) is 22.1 Å². The van der Waals surface area contributed by atoms with Crippen LogP contribution < -0.4 is 10.9 Å². The highest BCUT2D eigenvalue weighted by Crippen LogP contribution is 2.40. The minimum Gasteiger partial charge on any atom is -0.462 e. The molecule has 11 heteroatoms. The summed E-state index contributed by atoms with van der Waals surface area (Å²) in [7, 11) is 0. The van der Waals surface area contributed by atoms with E-state index in [1.165, 1.54) is 34.4 Å². The summed E-state index contributed by atoms with van der Waals surface area (Å²) in [6.07, 6.45) is 6.07. The lowest BCUT2D eigenvalue weighted by atomic mass is 9.88. The number of pyridine rings is 1. The first-order valence-electron chi connectivity index (χ1n) is 12.5. The first-order valence-corrected chi connectivity index (χ1v) is 15.1. The van der Waals surface area contributed by atoms with Gasteiger partial charge in [0.05, 0.1) is 29.9 Å². The fourth-order valence-electron chi connectivity index (χ4n) is 4.59. The average molecular weight is 569 g/mol. The highest BCUT2D eigenvalue weighted by atomic mass is 32.2. The van der Waals surface area contributed by atoms with Crippen LogP contribution in [0.3, 0.4) is 0 Å². The second-order valence-corrected chi connectivity index (χ2v) is 12.6. The van der Waals surface area contributed by atoms with Crippen LogP contribution in [0.1, 0.15) is 51.5 Å². The largest absolute Gasteiger partial charge is 0.462 e. The maximum atomic E-state index is 13.4. The number of thiophene rings is 2. The van der Waals surface area contributed by atoms with Gasteiger partial charge >= 0.3 is 5.97 Å². The molecule has 4 heterocycles. The number of fused-ring (bicyclic) bond motifs is 2. The molecule has 1 amide bonds. The number of anilines is 1. The number of aromatic nitrogens is 3. The first kappa shape index (κ1) is 26.6. The smallest absolute Gasteiger partial charge is 0.341 e. The maximum absolute atomic E-state index is 13.4. The van der Waals surface area contributed by atoms with Crippen molar-refractivity contribution in [2.24, 2.45) is 5.92 Å². The van der Waals surface area contributed by atoms with Crippen molar-refractivity contribution in [3.63, 3.8) is 0 Å². The number of thioether (sulfide) groups is 1. The summed E-state index contributed by atoms with van der Waals surface area (Å²) in [5.74, 6) is -0.0811. The number of rotatable bonds is 8. The molecule has 8 nitrogen and oxygen atoms in total. The molecule has 4 aromatic heterocycles. The fraction of sp³-hybridized carbons (Fsp3) is 0.370. The van der Waals surface area contributed by atoms with E-state index >= 15 is 0 Å². The van der Waals surface area contributed by atoms with Gasteiger partial charge in [0.25, 0.3) is 5.56 Å². The quantitative estimate of drug-likeness (QED) is 0.175. The summed E-state index contributed by atoms with van der Waals surface area (Å²) in [5.41, 5.74) is 2.27. The Morgan fingerprint density at radius 2 is 2.05 bits per heavy atom. The normalized spacial score (nSPS) is 14.9. The molecule has 1 unspecified atom stereocenters. The number of nitrogens with zero attached hydrogens (tertiary/aromatic N) is 3. The molecule has 1 N–H and O–H groups in total. The standard InChI is InChI=1S/C27H28N4O4S3/c1-4-35-26(34)22-18-6-5-15(2)11-20(18)38-24(22)29-21(32)14-36-27-30-23-19(12-16(3)37-23)25(33)31(27)13-17-7-9-28-10-8-17/h7-10,12,15H,4-6,11,13-14H2,1-3H3,(H,29,32). The molecule has 0 spiro atoms. The lowest BCUT2D eigenvalue weighted by Gasteiger charge is -2.18. The second kappa shape index (κ2) is 11.4. The van der Waals surface area contributed by atoms with Gasteiger partial charge in [-0.2, -0.15) is 0 Å². The number of hydrogen-bond donors (Lipinski definition) is 1. The molecular formula is C27H28N4O4S3. The van der Waals surface area contributed by atoms with Gasteiger partial charge in [0.15, 0.2) is 5.16 Å². The number of hydrogen-bond acceptors (Lipinski definition) is 9. The van der Waals surface area contributed by atoms with E-state index in [-0.39, 0.29) is 23.8 Å². The van der Waals surface area contributed by atoms with Crippen molar-refractivity contribution in [3.8, 4) is 0 Å². The van der Waals surface area contributed by atoms with E-state index < -0.39 is 5.97 Å². The Morgan fingerprint density at radius 3 is 2.82 bits per heavy atom.